The Morgan fingerprint density at radius 1 is 1.40 bits per heavy atom. The van der Waals surface area contributed by atoms with Gasteiger partial charge in [-0.3, -0.25) is 4.57 Å². The molecule has 0 heterocycles. The largest absolute Gasteiger partial charge is 0.365 e. The van der Waals surface area contributed by atoms with E-state index in [1.54, 1.807) is 0 Å². The molecule has 60 valence electrons. The van der Waals surface area contributed by atoms with Gasteiger partial charge < -0.3 is 20.0 Å². The van der Waals surface area contributed by atoms with Crippen LogP contribution in [0.3, 0.4) is 0 Å². The highest BCUT2D eigenvalue weighted by Crippen LogP contribution is 2.33. The molecule has 0 aromatic carbocycles. The van der Waals surface area contributed by atoms with Crippen LogP contribution in [0.2, 0.25) is 0 Å². The van der Waals surface area contributed by atoms with Gasteiger partial charge in [0.2, 0.25) is 0 Å². The third-order valence-electron chi connectivity index (χ3n) is 0.651. The number of hydrogen-bond donors (Lipinski definition) is 4. The van der Waals surface area contributed by atoms with Gasteiger partial charge in [0.25, 0.3) is 0 Å². The third kappa shape index (κ3) is 7.81. The number of hydrogen-bond acceptors (Lipinski definition) is 3. The second-order valence-corrected chi connectivity index (χ2v) is 3.38. The Labute approximate surface area is 57.8 Å². The summed E-state index contributed by atoms with van der Waals surface area (Å²) in [5, 5.41) is 16.3. The molecule has 0 aliphatic carbocycles. The monoisotopic (exact) mass is 168 g/mol. The van der Waals surface area contributed by atoms with Crippen molar-refractivity contribution < 1.29 is 24.6 Å². The first kappa shape index (κ1) is 9.81. The van der Waals surface area contributed by atoms with Crippen molar-refractivity contribution >= 4 is 7.60 Å². The van der Waals surface area contributed by atoms with E-state index in [1.165, 1.54) is 0 Å². The predicted octanol–water partition coefficient (Wildman–Crippen LogP) is -0.969. The van der Waals surface area contributed by atoms with Gasteiger partial charge >= 0.3 is 7.60 Å². The van der Waals surface area contributed by atoms with Crippen molar-refractivity contribution in [2.45, 2.75) is 6.29 Å². The van der Waals surface area contributed by atoms with Crippen LogP contribution in [0.5, 0.6) is 0 Å². The SMILES string of the molecule is O=P(O)(O)CC=CC(O)O. The average molecular weight is 168 g/mol. The second-order valence-electron chi connectivity index (χ2n) is 1.69. The fraction of sp³-hybridized carbons (Fsp3) is 0.500. The molecular formula is C4H9O5P. The van der Waals surface area contributed by atoms with E-state index in [1.807, 2.05) is 0 Å². The van der Waals surface area contributed by atoms with Gasteiger partial charge in [0.1, 0.15) is 0 Å². The van der Waals surface area contributed by atoms with Crippen LogP contribution in [0.15, 0.2) is 12.2 Å². The van der Waals surface area contributed by atoms with Gasteiger partial charge in [-0.05, 0) is 6.08 Å². The minimum absolute atomic E-state index is 0.468. The van der Waals surface area contributed by atoms with Crippen LogP contribution < -0.4 is 0 Å². The quantitative estimate of drug-likeness (QED) is 0.247. The van der Waals surface area contributed by atoms with Crippen molar-refractivity contribution in [2.24, 2.45) is 0 Å². The van der Waals surface area contributed by atoms with E-state index in [2.05, 4.69) is 0 Å². The van der Waals surface area contributed by atoms with Crippen molar-refractivity contribution in [1.82, 2.24) is 0 Å². The van der Waals surface area contributed by atoms with E-state index in [0.717, 1.165) is 12.2 Å². The van der Waals surface area contributed by atoms with Crippen LogP contribution in [0.4, 0.5) is 0 Å². The minimum atomic E-state index is -4.03. The highest BCUT2D eigenvalue weighted by molar-refractivity contribution is 7.51. The number of allylic oxidation sites excluding steroid dienone is 1. The predicted molar refractivity (Wildman–Crippen MR) is 34.3 cm³/mol. The molecule has 0 fully saturated rings. The molecule has 0 aliphatic rings. The summed E-state index contributed by atoms with van der Waals surface area (Å²) in [7, 11) is -4.03. The Hall–Kier alpha value is -0.190. The fourth-order valence-electron chi connectivity index (χ4n) is 0.320. The van der Waals surface area contributed by atoms with E-state index < -0.39 is 20.0 Å². The summed E-state index contributed by atoms with van der Waals surface area (Å²) in [6, 6.07) is 0. The lowest BCUT2D eigenvalue weighted by molar-refractivity contribution is 0.00229. The maximum atomic E-state index is 10.1. The van der Waals surface area contributed by atoms with Crippen LogP contribution in [0.1, 0.15) is 0 Å². The maximum absolute atomic E-state index is 10.1. The standard InChI is InChI=1S/C4H9O5P/c5-4(6)2-1-3-10(7,8)9/h1-2,4-6H,3H2,(H2,7,8,9). The van der Waals surface area contributed by atoms with E-state index in [9.17, 15) is 4.57 Å². The van der Waals surface area contributed by atoms with Crippen LogP contribution in [-0.4, -0.2) is 32.5 Å². The summed E-state index contributed by atoms with van der Waals surface area (Å²) in [4.78, 5) is 16.5. The molecule has 0 atom stereocenters. The highest BCUT2D eigenvalue weighted by atomic mass is 31.2. The summed E-state index contributed by atoms with van der Waals surface area (Å²) >= 11 is 0. The van der Waals surface area contributed by atoms with Crippen LogP contribution in [0, 0.1) is 0 Å². The molecule has 0 unspecified atom stereocenters. The molecule has 0 saturated heterocycles. The smallest absolute Gasteiger partial charge is 0.329 e. The van der Waals surface area contributed by atoms with E-state index >= 15 is 0 Å². The summed E-state index contributed by atoms with van der Waals surface area (Å²) in [5.74, 6) is 0. The van der Waals surface area contributed by atoms with Gasteiger partial charge in [-0.1, -0.05) is 6.08 Å². The number of aliphatic hydroxyl groups excluding tert-OH is 1. The zero-order chi connectivity index (χ0) is 8.20. The molecule has 0 aromatic heterocycles. The van der Waals surface area contributed by atoms with Gasteiger partial charge in [-0.25, -0.2) is 0 Å². The van der Waals surface area contributed by atoms with Crippen molar-refractivity contribution in [1.29, 1.82) is 0 Å². The van der Waals surface area contributed by atoms with E-state index in [-0.39, 0.29) is 0 Å². The third-order valence-corrected chi connectivity index (χ3v) is 1.34. The molecule has 5 nitrogen and oxygen atoms in total. The minimum Gasteiger partial charge on any atom is -0.365 e. The Kier molecular flexibility index (Phi) is 3.78. The first-order valence-electron chi connectivity index (χ1n) is 2.49. The molecule has 0 saturated carbocycles. The molecule has 0 aliphatic heterocycles. The molecular weight excluding hydrogens is 159 g/mol. The van der Waals surface area contributed by atoms with Gasteiger partial charge in [0.05, 0.1) is 6.16 Å². The molecule has 0 bridgehead atoms. The van der Waals surface area contributed by atoms with Gasteiger partial charge in [-0.2, -0.15) is 0 Å². The average Bonchev–Trinajstić information content (AvgIpc) is 1.59. The molecule has 10 heavy (non-hydrogen) atoms. The maximum Gasteiger partial charge on any atom is 0.329 e. The summed E-state index contributed by atoms with van der Waals surface area (Å²) < 4.78 is 10.1. The van der Waals surface area contributed by atoms with E-state index in [4.69, 9.17) is 20.0 Å². The van der Waals surface area contributed by atoms with Gasteiger partial charge in [-0.15, -0.1) is 0 Å². The van der Waals surface area contributed by atoms with Gasteiger partial charge in [0, 0.05) is 0 Å². The zero-order valence-corrected chi connectivity index (χ0v) is 5.98. The van der Waals surface area contributed by atoms with Crippen LogP contribution in [-0.2, 0) is 4.57 Å². The Morgan fingerprint density at radius 2 is 1.90 bits per heavy atom. The highest BCUT2D eigenvalue weighted by Gasteiger charge is 2.08. The first-order chi connectivity index (χ1) is 4.42. The molecule has 4 N–H and O–H groups in total. The van der Waals surface area contributed by atoms with Crippen molar-refractivity contribution in [3.05, 3.63) is 12.2 Å². The topological polar surface area (TPSA) is 98.0 Å². The molecule has 0 spiro atoms. The Balaban J connectivity index is 3.65. The second kappa shape index (κ2) is 3.85. The Morgan fingerprint density at radius 3 is 2.20 bits per heavy atom. The molecule has 0 rings (SSSR count). The van der Waals surface area contributed by atoms with E-state index in [0.29, 0.717) is 0 Å². The first-order valence-corrected chi connectivity index (χ1v) is 4.29. The summed E-state index contributed by atoms with van der Waals surface area (Å²) in [6.45, 7) is 0. The number of aliphatic hydroxyl groups is 2. The summed E-state index contributed by atoms with van der Waals surface area (Å²) in [6.07, 6.45) is -0.207. The Bertz CT molecular complexity index is 157. The molecule has 0 radical (unpaired) electrons. The van der Waals surface area contributed by atoms with Gasteiger partial charge in [0.15, 0.2) is 6.29 Å². The zero-order valence-electron chi connectivity index (χ0n) is 5.08. The van der Waals surface area contributed by atoms with Crippen molar-refractivity contribution in [2.75, 3.05) is 6.16 Å². The lowest BCUT2D eigenvalue weighted by atomic mass is 10.5. The van der Waals surface area contributed by atoms with Crippen molar-refractivity contribution in [3.8, 4) is 0 Å². The van der Waals surface area contributed by atoms with Crippen molar-refractivity contribution in [3.63, 3.8) is 0 Å². The number of rotatable bonds is 3. The summed E-state index contributed by atoms with van der Waals surface area (Å²) in [5.41, 5.74) is 0. The molecule has 6 heteroatoms. The van der Waals surface area contributed by atoms with Crippen LogP contribution in [0.25, 0.3) is 0 Å². The molecule has 0 aromatic rings. The van der Waals surface area contributed by atoms with Crippen LogP contribution >= 0.6 is 7.60 Å². The molecule has 0 amide bonds. The fourth-order valence-corrected chi connectivity index (χ4v) is 0.716. The lowest BCUT2D eigenvalue weighted by Gasteiger charge is -1.97. The lowest BCUT2D eigenvalue weighted by Crippen LogP contribution is -1.98. The normalized spacial score (nSPS) is 13.3.